The summed E-state index contributed by atoms with van der Waals surface area (Å²) in [5.74, 6) is 0.0269. The second-order valence-corrected chi connectivity index (χ2v) is 4.99. The van der Waals surface area contributed by atoms with Gasteiger partial charge in [0.1, 0.15) is 6.04 Å². The fourth-order valence-electron chi connectivity index (χ4n) is 1.28. The van der Waals surface area contributed by atoms with Crippen molar-refractivity contribution in [1.29, 1.82) is 0 Å². The van der Waals surface area contributed by atoms with Gasteiger partial charge >= 0.3 is 0 Å². The van der Waals surface area contributed by atoms with Crippen LogP contribution in [0.2, 0.25) is 5.02 Å². The summed E-state index contributed by atoms with van der Waals surface area (Å²) in [7, 11) is 3.46. The van der Waals surface area contributed by atoms with Crippen LogP contribution in [-0.4, -0.2) is 30.9 Å². The predicted octanol–water partition coefficient (Wildman–Crippen LogP) is 2.99. The van der Waals surface area contributed by atoms with Crippen LogP contribution in [0.3, 0.4) is 0 Å². The Labute approximate surface area is 109 Å². The molecule has 0 aromatic heterocycles. The number of anilines is 1. The van der Waals surface area contributed by atoms with Crippen molar-refractivity contribution in [3.63, 3.8) is 0 Å². The van der Waals surface area contributed by atoms with E-state index in [9.17, 15) is 4.79 Å². The molecule has 0 spiro atoms. The van der Waals surface area contributed by atoms with Gasteiger partial charge in [-0.25, -0.2) is 0 Å². The average molecular weight is 306 g/mol. The molecule has 0 heterocycles. The first-order valence-corrected chi connectivity index (χ1v) is 6.01. The van der Waals surface area contributed by atoms with Gasteiger partial charge in [-0.15, -0.1) is 0 Å². The highest BCUT2D eigenvalue weighted by Gasteiger charge is 2.14. The van der Waals surface area contributed by atoms with Crippen molar-refractivity contribution in [2.45, 2.75) is 13.0 Å². The van der Waals surface area contributed by atoms with Crippen molar-refractivity contribution in [3.8, 4) is 0 Å². The van der Waals surface area contributed by atoms with Crippen LogP contribution in [0.1, 0.15) is 6.92 Å². The number of hydrogen-bond donors (Lipinski definition) is 1. The largest absolute Gasteiger partial charge is 0.374 e. The highest BCUT2D eigenvalue weighted by Crippen LogP contribution is 2.25. The van der Waals surface area contributed by atoms with Gasteiger partial charge in [-0.2, -0.15) is 0 Å². The lowest BCUT2D eigenvalue weighted by atomic mass is 10.2. The van der Waals surface area contributed by atoms with Gasteiger partial charge in [0.2, 0.25) is 5.91 Å². The zero-order valence-electron chi connectivity index (χ0n) is 9.42. The van der Waals surface area contributed by atoms with Gasteiger partial charge in [0.25, 0.3) is 0 Å². The van der Waals surface area contributed by atoms with E-state index in [0.717, 1.165) is 10.2 Å². The van der Waals surface area contributed by atoms with E-state index in [4.69, 9.17) is 11.6 Å². The van der Waals surface area contributed by atoms with Crippen LogP contribution in [0, 0.1) is 0 Å². The number of benzene rings is 1. The first-order chi connectivity index (χ1) is 7.41. The van der Waals surface area contributed by atoms with Crippen molar-refractivity contribution in [2.24, 2.45) is 0 Å². The van der Waals surface area contributed by atoms with Gasteiger partial charge in [0.15, 0.2) is 0 Å². The number of amides is 1. The molecule has 0 radical (unpaired) electrons. The molecule has 88 valence electrons. The van der Waals surface area contributed by atoms with E-state index in [1.807, 2.05) is 19.1 Å². The molecule has 1 unspecified atom stereocenters. The van der Waals surface area contributed by atoms with Crippen LogP contribution in [0.5, 0.6) is 0 Å². The molecule has 0 fully saturated rings. The first kappa shape index (κ1) is 13.3. The van der Waals surface area contributed by atoms with E-state index in [1.54, 1.807) is 25.1 Å². The molecule has 1 aromatic carbocycles. The third-order valence-corrected chi connectivity index (χ3v) is 3.35. The van der Waals surface area contributed by atoms with Gasteiger partial charge in [0, 0.05) is 24.3 Å². The number of nitrogens with zero attached hydrogens (tertiary/aromatic N) is 1. The van der Waals surface area contributed by atoms with Crippen LogP contribution >= 0.6 is 27.5 Å². The monoisotopic (exact) mass is 304 g/mol. The molecule has 0 aliphatic rings. The Balaban J connectivity index is 2.73. The van der Waals surface area contributed by atoms with Gasteiger partial charge in [-0.05, 0) is 41.1 Å². The Morgan fingerprint density at radius 1 is 1.50 bits per heavy atom. The Morgan fingerprint density at radius 2 is 2.12 bits per heavy atom. The molecule has 1 rings (SSSR count). The molecule has 0 saturated heterocycles. The molecule has 16 heavy (non-hydrogen) atoms. The van der Waals surface area contributed by atoms with Crippen LogP contribution in [0.15, 0.2) is 22.7 Å². The Bertz CT molecular complexity index is 396. The third-order valence-electron chi connectivity index (χ3n) is 2.11. The maximum Gasteiger partial charge on any atom is 0.244 e. The third kappa shape index (κ3) is 3.39. The molecule has 3 nitrogen and oxygen atoms in total. The molecule has 0 bridgehead atoms. The summed E-state index contributed by atoms with van der Waals surface area (Å²) in [5.41, 5.74) is 0.830. The summed E-state index contributed by atoms with van der Waals surface area (Å²) < 4.78 is 0.839. The van der Waals surface area contributed by atoms with Crippen LogP contribution in [0.4, 0.5) is 5.69 Å². The summed E-state index contributed by atoms with van der Waals surface area (Å²) in [5, 5.41) is 3.71. The van der Waals surface area contributed by atoms with Crippen molar-refractivity contribution in [2.75, 3.05) is 19.4 Å². The van der Waals surface area contributed by atoms with Crippen molar-refractivity contribution in [3.05, 3.63) is 27.7 Å². The number of hydrogen-bond acceptors (Lipinski definition) is 2. The maximum absolute atomic E-state index is 11.6. The molecule has 0 aliphatic carbocycles. The number of likely N-dealkylation sites (N-methyl/N-ethyl adjacent to an activating group) is 1. The van der Waals surface area contributed by atoms with E-state index >= 15 is 0 Å². The number of carbonyl (C=O) groups is 1. The number of carbonyl (C=O) groups excluding carboxylic acids is 1. The molecule has 5 heteroatoms. The normalized spacial score (nSPS) is 12.1. The first-order valence-electron chi connectivity index (χ1n) is 4.84. The lowest BCUT2D eigenvalue weighted by molar-refractivity contribution is -0.129. The van der Waals surface area contributed by atoms with E-state index in [-0.39, 0.29) is 11.9 Å². The zero-order valence-corrected chi connectivity index (χ0v) is 11.8. The van der Waals surface area contributed by atoms with Crippen LogP contribution in [0.25, 0.3) is 0 Å². The van der Waals surface area contributed by atoms with Crippen LogP contribution in [-0.2, 0) is 4.79 Å². The summed E-state index contributed by atoms with van der Waals surface area (Å²) >= 11 is 9.27. The fraction of sp³-hybridized carbons (Fsp3) is 0.364. The Kier molecular flexibility index (Phi) is 4.62. The molecule has 1 N–H and O–H groups in total. The maximum atomic E-state index is 11.6. The fourth-order valence-corrected chi connectivity index (χ4v) is 1.71. The molecular weight excluding hydrogens is 291 g/mol. The molecule has 0 aliphatic heterocycles. The minimum absolute atomic E-state index is 0.0269. The second-order valence-electron chi connectivity index (χ2n) is 3.73. The number of nitrogens with one attached hydrogen (secondary N) is 1. The summed E-state index contributed by atoms with van der Waals surface area (Å²) in [6.07, 6.45) is 0. The van der Waals surface area contributed by atoms with Crippen molar-refractivity contribution in [1.82, 2.24) is 4.90 Å². The standard InChI is InChI=1S/C11H14BrClN2O/c1-7(11(16)15(2)3)14-8-4-5-9(12)10(13)6-8/h4-7,14H,1-3H3. The topological polar surface area (TPSA) is 32.3 Å². The van der Waals surface area contributed by atoms with Gasteiger partial charge in [-0.1, -0.05) is 11.6 Å². The summed E-state index contributed by atoms with van der Waals surface area (Å²) in [6, 6.07) is 5.23. The highest BCUT2D eigenvalue weighted by molar-refractivity contribution is 9.10. The summed E-state index contributed by atoms with van der Waals surface area (Å²) in [6.45, 7) is 1.82. The zero-order chi connectivity index (χ0) is 12.3. The average Bonchev–Trinajstić information content (AvgIpc) is 2.22. The number of halogens is 2. The molecule has 1 atom stereocenters. The van der Waals surface area contributed by atoms with E-state index < -0.39 is 0 Å². The number of rotatable bonds is 3. The van der Waals surface area contributed by atoms with Gasteiger partial charge < -0.3 is 10.2 Å². The van der Waals surface area contributed by atoms with E-state index in [1.165, 1.54) is 0 Å². The second kappa shape index (κ2) is 5.55. The quantitative estimate of drug-likeness (QED) is 0.931. The van der Waals surface area contributed by atoms with Crippen molar-refractivity contribution >= 4 is 39.1 Å². The molecule has 1 aromatic rings. The lowest BCUT2D eigenvalue weighted by Crippen LogP contribution is -2.36. The minimum atomic E-state index is -0.271. The lowest BCUT2D eigenvalue weighted by Gasteiger charge is -2.19. The molecule has 0 saturated carbocycles. The van der Waals surface area contributed by atoms with E-state index in [2.05, 4.69) is 21.2 Å². The smallest absolute Gasteiger partial charge is 0.244 e. The SMILES string of the molecule is CC(Nc1ccc(Br)c(Cl)c1)C(=O)N(C)C. The highest BCUT2D eigenvalue weighted by atomic mass is 79.9. The molecule has 1 amide bonds. The predicted molar refractivity (Wildman–Crippen MR) is 70.9 cm³/mol. The van der Waals surface area contributed by atoms with Crippen LogP contribution < -0.4 is 5.32 Å². The van der Waals surface area contributed by atoms with Gasteiger partial charge in [0.05, 0.1) is 5.02 Å². The van der Waals surface area contributed by atoms with Gasteiger partial charge in [-0.3, -0.25) is 4.79 Å². The molecular formula is C11H14BrClN2O. The van der Waals surface area contributed by atoms with Crippen molar-refractivity contribution < 1.29 is 4.79 Å². The Morgan fingerprint density at radius 3 is 2.62 bits per heavy atom. The summed E-state index contributed by atoms with van der Waals surface area (Å²) in [4.78, 5) is 13.2. The minimum Gasteiger partial charge on any atom is -0.374 e. The Hall–Kier alpha value is -0.740. The van der Waals surface area contributed by atoms with E-state index in [0.29, 0.717) is 5.02 Å².